The zero-order valence-electron chi connectivity index (χ0n) is 6.69. The molecule has 0 aromatic carbocycles. The quantitative estimate of drug-likeness (QED) is 0.553. The SMILES string of the molecule is CN1CC2(C(F)(F)F)CC1CO2. The Morgan fingerprint density at radius 1 is 1.50 bits per heavy atom. The van der Waals surface area contributed by atoms with Crippen LogP contribution in [0.15, 0.2) is 0 Å². The molecule has 0 N–H and O–H groups in total. The van der Waals surface area contributed by atoms with Crippen molar-refractivity contribution in [2.75, 3.05) is 20.2 Å². The Bertz CT molecular complexity index is 201. The van der Waals surface area contributed by atoms with Crippen molar-refractivity contribution in [3.05, 3.63) is 0 Å². The fourth-order valence-electron chi connectivity index (χ4n) is 1.97. The van der Waals surface area contributed by atoms with E-state index in [0.717, 1.165) is 0 Å². The molecule has 2 aliphatic rings. The normalized spacial score (nSPS) is 42.5. The van der Waals surface area contributed by atoms with E-state index >= 15 is 0 Å². The van der Waals surface area contributed by atoms with Crippen LogP contribution in [0.5, 0.6) is 0 Å². The van der Waals surface area contributed by atoms with Crippen LogP contribution in [0, 0.1) is 0 Å². The maximum Gasteiger partial charge on any atom is 0.418 e. The second-order valence-corrected chi connectivity index (χ2v) is 3.58. The standard InChI is InChI=1S/C7H10F3NO/c1-11-4-6(7(8,9)10)2-5(11)3-12-6/h5H,2-4H2,1H3. The van der Waals surface area contributed by atoms with E-state index < -0.39 is 11.8 Å². The number of halogens is 3. The van der Waals surface area contributed by atoms with Gasteiger partial charge in [0.15, 0.2) is 5.60 Å². The molecule has 2 unspecified atom stereocenters. The molecular weight excluding hydrogens is 171 g/mol. The molecule has 12 heavy (non-hydrogen) atoms. The van der Waals surface area contributed by atoms with Crippen molar-refractivity contribution in [2.45, 2.75) is 24.2 Å². The summed E-state index contributed by atoms with van der Waals surface area (Å²) < 4.78 is 42.2. The third-order valence-electron chi connectivity index (χ3n) is 2.76. The Morgan fingerprint density at radius 2 is 2.17 bits per heavy atom. The smallest absolute Gasteiger partial charge is 0.362 e. The molecule has 5 heteroatoms. The summed E-state index contributed by atoms with van der Waals surface area (Å²) in [5, 5.41) is 0. The van der Waals surface area contributed by atoms with Crippen molar-refractivity contribution >= 4 is 0 Å². The van der Waals surface area contributed by atoms with Crippen LogP contribution in [-0.2, 0) is 4.74 Å². The molecule has 0 saturated carbocycles. The van der Waals surface area contributed by atoms with Gasteiger partial charge < -0.3 is 4.74 Å². The van der Waals surface area contributed by atoms with Crippen LogP contribution in [0.3, 0.4) is 0 Å². The molecule has 70 valence electrons. The number of morpholine rings is 1. The Morgan fingerprint density at radius 3 is 2.42 bits per heavy atom. The highest BCUT2D eigenvalue weighted by atomic mass is 19.4. The van der Waals surface area contributed by atoms with Gasteiger partial charge in [0.05, 0.1) is 6.61 Å². The monoisotopic (exact) mass is 181 g/mol. The molecule has 2 heterocycles. The van der Waals surface area contributed by atoms with Gasteiger partial charge in [-0.25, -0.2) is 0 Å². The lowest BCUT2D eigenvalue weighted by atomic mass is 10.0. The van der Waals surface area contributed by atoms with E-state index in [9.17, 15) is 13.2 Å². The number of fused-ring (bicyclic) bond motifs is 2. The van der Waals surface area contributed by atoms with Gasteiger partial charge in [0.2, 0.25) is 0 Å². The van der Waals surface area contributed by atoms with Gasteiger partial charge in [0, 0.05) is 19.0 Å². The average Bonchev–Trinajstić information content (AvgIpc) is 2.42. The molecule has 0 aromatic rings. The van der Waals surface area contributed by atoms with Crippen LogP contribution >= 0.6 is 0 Å². The molecule has 2 atom stereocenters. The van der Waals surface area contributed by atoms with Gasteiger partial charge in [-0.05, 0) is 7.05 Å². The van der Waals surface area contributed by atoms with E-state index in [1.807, 2.05) is 0 Å². The number of ether oxygens (including phenoxy) is 1. The first-order valence-electron chi connectivity index (χ1n) is 3.85. The number of nitrogens with zero attached hydrogens (tertiary/aromatic N) is 1. The first-order chi connectivity index (χ1) is 5.45. The van der Waals surface area contributed by atoms with Crippen molar-refractivity contribution in [2.24, 2.45) is 0 Å². The maximum absolute atomic E-state index is 12.5. The van der Waals surface area contributed by atoms with Crippen molar-refractivity contribution in [3.8, 4) is 0 Å². The average molecular weight is 181 g/mol. The number of hydrogen-bond acceptors (Lipinski definition) is 2. The topological polar surface area (TPSA) is 12.5 Å². The van der Waals surface area contributed by atoms with E-state index in [4.69, 9.17) is 4.74 Å². The van der Waals surface area contributed by atoms with Gasteiger partial charge in [-0.15, -0.1) is 0 Å². The number of likely N-dealkylation sites (tertiary alicyclic amines) is 1. The first kappa shape index (κ1) is 8.31. The summed E-state index contributed by atoms with van der Waals surface area (Å²) in [5.41, 5.74) is -1.85. The van der Waals surface area contributed by atoms with Crippen molar-refractivity contribution in [1.82, 2.24) is 4.90 Å². The van der Waals surface area contributed by atoms with Crippen molar-refractivity contribution in [3.63, 3.8) is 0 Å². The Kier molecular flexibility index (Phi) is 1.48. The van der Waals surface area contributed by atoms with Crippen LogP contribution in [-0.4, -0.2) is 42.9 Å². The van der Waals surface area contributed by atoms with Crippen molar-refractivity contribution < 1.29 is 17.9 Å². The minimum absolute atomic E-state index is 0.0127. The predicted molar refractivity (Wildman–Crippen MR) is 35.8 cm³/mol. The van der Waals surface area contributed by atoms with E-state index in [0.29, 0.717) is 0 Å². The highest BCUT2D eigenvalue weighted by Gasteiger charge is 2.64. The second kappa shape index (κ2) is 2.14. The van der Waals surface area contributed by atoms with Gasteiger partial charge in [-0.3, -0.25) is 4.90 Å². The predicted octanol–water partition coefficient (Wildman–Crippen LogP) is 1.02. The Hall–Kier alpha value is -0.290. The summed E-state index contributed by atoms with van der Waals surface area (Å²) in [4.78, 5) is 1.72. The summed E-state index contributed by atoms with van der Waals surface area (Å²) in [6.45, 7) is 0.206. The molecule has 2 nitrogen and oxygen atoms in total. The third kappa shape index (κ3) is 0.894. The summed E-state index contributed by atoms with van der Waals surface area (Å²) >= 11 is 0. The summed E-state index contributed by atoms with van der Waals surface area (Å²) in [7, 11) is 1.71. The van der Waals surface area contributed by atoms with Gasteiger partial charge in [-0.1, -0.05) is 0 Å². The number of hydrogen-bond donors (Lipinski definition) is 0. The van der Waals surface area contributed by atoms with Crippen LogP contribution in [0.2, 0.25) is 0 Å². The van der Waals surface area contributed by atoms with Gasteiger partial charge >= 0.3 is 6.18 Å². The molecule has 0 radical (unpaired) electrons. The molecular formula is C7H10F3NO. The molecule has 2 aliphatic heterocycles. The highest BCUT2D eigenvalue weighted by molar-refractivity contribution is 5.06. The lowest BCUT2D eigenvalue weighted by Gasteiger charge is -2.32. The van der Waals surface area contributed by atoms with E-state index in [2.05, 4.69) is 0 Å². The van der Waals surface area contributed by atoms with Crippen LogP contribution in [0.25, 0.3) is 0 Å². The lowest BCUT2D eigenvalue weighted by Crippen LogP contribution is -2.50. The molecule has 2 saturated heterocycles. The van der Waals surface area contributed by atoms with Crippen LogP contribution in [0.4, 0.5) is 13.2 Å². The van der Waals surface area contributed by atoms with Crippen LogP contribution in [0.1, 0.15) is 6.42 Å². The maximum atomic E-state index is 12.5. The fraction of sp³-hybridized carbons (Fsp3) is 1.00. The molecule has 0 amide bonds. The summed E-state index contributed by atoms with van der Waals surface area (Å²) in [6.07, 6.45) is -4.11. The molecule has 0 spiro atoms. The van der Waals surface area contributed by atoms with Gasteiger partial charge in [-0.2, -0.15) is 13.2 Å². The first-order valence-corrected chi connectivity index (χ1v) is 3.85. The minimum atomic E-state index is -4.22. The molecule has 2 bridgehead atoms. The number of likely N-dealkylation sites (N-methyl/N-ethyl adjacent to an activating group) is 1. The Balaban J connectivity index is 2.24. The largest absolute Gasteiger partial charge is 0.418 e. The lowest BCUT2D eigenvalue weighted by molar-refractivity contribution is -0.266. The summed E-state index contributed by atoms with van der Waals surface area (Å²) in [6, 6.07) is -0.0355. The van der Waals surface area contributed by atoms with Crippen molar-refractivity contribution in [1.29, 1.82) is 0 Å². The zero-order chi connectivity index (χ0) is 8.98. The molecule has 2 rings (SSSR count). The fourth-order valence-corrected chi connectivity index (χ4v) is 1.97. The zero-order valence-corrected chi connectivity index (χ0v) is 6.69. The third-order valence-corrected chi connectivity index (χ3v) is 2.76. The minimum Gasteiger partial charge on any atom is -0.362 e. The summed E-state index contributed by atoms with van der Waals surface area (Å²) in [5.74, 6) is 0. The van der Waals surface area contributed by atoms with E-state index in [-0.39, 0.29) is 25.6 Å². The molecule has 0 aromatic heterocycles. The second-order valence-electron chi connectivity index (χ2n) is 3.58. The highest BCUT2D eigenvalue weighted by Crippen LogP contribution is 2.47. The van der Waals surface area contributed by atoms with Gasteiger partial charge in [0.1, 0.15) is 0 Å². The Labute approximate surface area is 68.3 Å². The number of rotatable bonds is 0. The molecule has 0 aliphatic carbocycles. The van der Waals surface area contributed by atoms with E-state index in [1.165, 1.54) is 0 Å². The van der Waals surface area contributed by atoms with E-state index in [1.54, 1.807) is 11.9 Å². The van der Waals surface area contributed by atoms with Crippen LogP contribution < -0.4 is 0 Å². The molecule has 2 fully saturated rings. The van der Waals surface area contributed by atoms with Gasteiger partial charge in [0.25, 0.3) is 0 Å². The number of alkyl halides is 3.